The lowest BCUT2D eigenvalue weighted by Crippen LogP contribution is -2.08. The maximum absolute atomic E-state index is 14.3. The van der Waals surface area contributed by atoms with Gasteiger partial charge in [-0.2, -0.15) is 0 Å². The summed E-state index contributed by atoms with van der Waals surface area (Å²) >= 11 is 1.42. The molecular weight excluding hydrogens is 251 g/mol. The zero-order chi connectivity index (χ0) is 13.5. The predicted octanol–water partition coefficient (Wildman–Crippen LogP) is 4.13. The van der Waals surface area contributed by atoms with Crippen molar-refractivity contribution in [2.45, 2.75) is 37.3 Å². The largest absolute Gasteiger partial charge is 0.420 e. The molecule has 1 aromatic carbocycles. The molecule has 0 radical (unpaired) electrons. The topological polar surface area (TPSA) is 30.2 Å². The van der Waals surface area contributed by atoms with Crippen LogP contribution >= 0.6 is 11.8 Å². The van der Waals surface area contributed by atoms with Crippen LogP contribution in [0.5, 0.6) is 0 Å². The van der Waals surface area contributed by atoms with E-state index in [4.69, 9.17) is 4.42 Å². The van der Waals surface area contributed by atoms with E-state index in [9.17, 15) is 9.18 Å². The Morgan fingerprint density at radius 2 is 1.94 bits per heavy atom. The summed E-state index contributed by atoms with van der Waals surface area (Å²) in [6.07, 6.45) is 0. The minimum absolute atomic E-state index is 0.0502. The van der Waals surface area contributed by atoms with Crippen LogP contribution < -0.4 is 5.63 Å². The van der Waals surface area contributed by atoms with Gasteiger partial charge in [-0.25, -0.2) is 9.18 Å². The second kappa shape index (κ2) is 4.43. The van der Waals surface area contributed by atoms with E-state index in [0.29, 0.717) is 10.3 Å². The SMILES string of the molecule is Cc1cc(=O)oc2c(F)c(SC(C)(C)C)ccc12. The van der Waals surface area contributed by atoms with Gasteiger partial charge in [-0.3, -0.25) is 0 Å². The van der Waals surface area contributed by atoms with E-state index in [0.717, 1.165) is 5.56 Å². The summed E-state index contributed by atoms with van der Waals surface area (Å²) in [5.74, 6) is -0.451. The molecule has 1 aromatic heterocycles. The summed E-state index contributed by atoms with van der Waals surface area (Å²) in [6.45, 7) is 7.80. The van der Waals surface area contributed by atoms with E-state index in [1.165, 1.54) is 17.8 Å². The van der Waals surface area contributed by atoms with Crippen molar-refractivity contribution in [2.24, 2.45) is 0 Å². The van der Waals surface area contributed by atoms with E-state index in [1.54, 1.807) is 19.1 Å². The molecular formula is C14H15FO2S. The molecule has 2 aromatic rings. The van der Waals surface area contributed by atoms with Gasteiger partial charge in [-0.1, -0.05) is 20.8 Å². The number of rotatable bonds is 1. The van der Waals surface area contributed by atoms with Crippen LogP contribution in [0.3, 0.4) is 0 Å². The van der Waals surface area contributed by atoms with Crippen LogP contribution in [0.15, 0.2) is 32.3 Å². The molecule has 0 N–H and O–H groups in total. The Balaban J connectivity index is 2.67. The predicted molar refractivity (Wildman–Crippen MR) is 72.8 cm³/mol. The maximum Gasteiger partial charge on any atom is 0.336 e. The van der Waals surface area contributed by atoms with Gasteiger partial charge < -0.3 is 4.42 Å². The van der Waals surface area contributed by atoms with Gasteiger partial charge in [0.05, 0.1) is 0 Å². The van der Waals surface area contributed by atoms with Crippen LogP contribution in [0.1, 0.15) is 26.3 Å². The Labute approximate surface area is 109 Å². The Bertz CT molecular complexity index is 653. The Hall–Kier alpha value is -1.29. The molecule has 0 unspecified atom stereocenters. The minimum atomic E-state index is -0.517. The third-order valence-electron chi connectivity index (χ3n) is 2.44. The second-order valence-electron chi connectivity index (χ2n) is 5.22. The highest BCUT2D eigenvalue weighted by atomic mass is 32.2. The van der Waals surface area contributed by atoms with Gasteiger partial charge in [0.25, 0.3) is 0 Å². The molecule has 18 heavy (non-hydrogen) atoms. The van der Waals surface area contributed by atoms with Gasteiger partial charge in [-0.15, -0.1) is 11.8 Å². The van der Waals surface area contributed by atoms with E-state index >= 15 is 0 Å². The molecule has 0 fully saturated rings. The van der Waals surface area contributed by atoms with Crippen molar-refractivity contribution >= 4 is 22.7 Å². The molecule has 0 atom stereocenters. The van der Waals surface area contributed by atoms with Gasteiger partial charge in [-0.05, 0) is 24.6 Å². The standard InChI is InChI=1S/C14H15FO2S/c1-8-7-11(16)17-13-9(8)5-6-10(12(13)15)18-14(2,3)4/h5-7H,1-4H3. The summed E-state index contributed by atoms with van der Waals surface area (Å²) in [4.78, 5) is 11.8. The third kappa shape index (κ3) is 2.58. The van der Waals surface area contributed by atoms with E-state index < -0.39 is 11.4 Å². The van der Waals surface area contributed by atoms with Crippen molar-refractivity contribution in [3.05, 3.63) is 40.0 Å². The van der Waals surface area contributed by atoms with Crippen LogP contribution in [-0.4, -0.2) is 4.75 Å². The first-order valence-electron chi connectivity index (χ1n) is 5.70. The fourth-order valence-corrected chi connectivity index (χ4v) is 2.72. The Kier molecular flexibility index (Phi) is 3.23. The average molecular weight is 266 g/mol. The zero-order valence-electron chi connectivity index (χ0n) is 10.8. The highest BCUT2D eigenvalue weighted by Gasteiger charge is 2.18. The highest BCUT2D eigenvalue weighted by Crippen LogP contribution is 2.36. The smallest absolute Gasteiger partial charge is 0.336 e. The Morgan fingerprint density at radius 1 is 1.28 bits per heavy atom. The van der Waals surface area contributed by atoms with Gasteiger partial charge in [0.2, 0.25) is 0 Å². The van der Waals surface area contributed by atoms with Gasteiger partial charge in [0.15, 0.2) is 11.4 Å². The number of hydrogen-bond acceptors (Lipinski definition) is 3. The van der Waals surface area contributed by atoms with Crippen molar-refractivity contribution in [1.29, 1.82) is 0 Å². The summed E-state index contributed by atoms with van der Waals surface area (Å²) < 4.78 is 19.2. The summed E-state index contributed by atoms with van der Waals surface area (Å²) in [6, 6.07) is 4.91. The molecule has 0 aliphatic heterocycles. The molecule has 2 nitrogen and oxygen atoms in total. The first-order chi connectivity index (χ1) is 8.28. The first-order valence-corrected chi connectivity index (χ1v) is 6.51. The monoisotopic (exact) mass is 266 g/mol. The minimum Gasteiger partial charge on any atom is -0.420 e. The van der Waals surface area contributed by atoms with Crippen LogP contribution in [0, 0.1) is 12.7 Å². The summed E-state index contributed by atoms with van der Waals surface area (Å²) in [5, 5.41) is 0.644. The zero-order valence-corrected chi connectivity index (χ0v) is 11.7. The number of hydrogen-bond donors (Lipinski definition) is 0. The molecule has 0 aliphatic rings. The van der Waals surface area contributed by atoms with Crippen LogP contribution in [0.25, 0.3) is 11.0 Å². The lowest BCUT2D eigenvalue weighted by atomic mass is 10.1. The summed E-state index contributed by atoms with van der Waals surface area (Å²) in [7, 11) is 0. The number of fused-ring (bicyclic) bond motifs is 1. The first kappa shape index (κ1) is 13.1. The molecule has 1 heterocycles. The molecule has 0 aliphatic carbocycles. The average Bonchev–Trinajstić information content (AvgIpc) is 2.21. The number of benzene rings is 1. The quantitative estimate of drug-likeness (QED) is 0.574. The number of halogens is 1. The van der Waals surface area contributed by atoms with Crippen molar-refractivity contribution in [1.82, 2.24) is 0 Å². The van der Waals surface area contributed by atoms with Crippen molar-refractivity contribution in [3.63, 3.8) is 0 Å². The fourth-order valence-electron chi connectivity index (χ4n) is 1.74. The molecule has 0 spiro atoms. The maximum atomic E-state index is 14.3. The van der Waals surface area contributed by atoms with Crippen LogP contribution in [0.4, 0.5) is 4.39 Å². The normalized spacial score (nSPS) is 12.1. The number of aryl methyl sites for hydroxylation is 1. The molecule has 2 rings (SSSR count). The lowest BCUT2D eigenvalue weighted by Gasteiger charge is -2.18. The van der Waals surface area contributed by atoms with Crippen molar-refractivity contribution in [3.8, 4) is 0 Å². The molecule has 0 saturated heterocycles. The highest BCUT2D eigenvalue weighted by molar-refractivity contribution is 8.00. The van der Waals surface area contributed by atoms with E-state index in [1.807, 2.05) is 20.8 Å². The molecule has 96 valence electrons. The van der Waals surface area contributed by atoms with Gasteiger partial charge >= 0.3 is 5.63 Å². The van der Waals surface area contributed by atoms with E-state index in [2.05, 4.69) is 0 Å². The second-order valence-corrected chi connectivity index (χ2v) is 7.09. The molecule has 0 amide bonds. The van der Waals surface area contributed by atoms with Gasteiger partial charge in [0, 0.05) is 21.1 Å². The molecule has 4 heteroatoms. The third-order valence-corrected chi connectivity index (χ3v) is 3.59. The van der Waals surface area contributed by atoms with Crippen LogP contribution in [-0.2, 0) is 0 Å². The summed E-state index contributed by atoms with van der Waals surface area (Å²) in [5.41, 5.74) is 0.263. The van der Waals surface area contributed by atoms with E-state index in [-0.39, 0.29) is 10.3 Å². The van der Waals surface area contributed by atoms with Crippen molar-refractivity contribution < 1.29 is 8.81 Å². The lowest BCUT2D eigenvalue weighted by molar-refractivity contribution is 0.514. The van der Waals surface area contributed by atoms with Crippen molar-refractivity contribution in [2.75, 3.05) is 0 Å². The number of thioether (sulfide) groups is 1. The van der Waals surface area contributed by atoms with Gasteiger partial charge in [0.1, 0.15) is 0 Å². The fraction of sp³-hybridized carbons (Fsp3) is 0.357. The van der Waals surface area contributed by atoms with Crippen LogP contribution in [0.2, 0.25) is 0 Å². The Morgan fingerprint density at radius 3 is 2.56 bits per heavy atom. The molecule has 0 bridgehead atoms. The molecule has 0 saturated carbocycles.